The van der Waals surface area contributed by atoms with Gasteiger partial charge in [-0.05, 0) is 18.9 Å². The van der Waals surface area contributed by atoms with Crippen molar-refractivity contribution in [1.29, 1.82) is 0 Å². The zero-order valence-corrected chi connectivity index (χ0v) is 12.7. The lowest BCUT2D eigenvalue weighted by Gasteiger charge is -2.21. The number of carbonyl (C=O) groups is 2. The second-order valence-corrected chi connectivity index (χ2v) is 5.68. The first-order chi connectivity index (χ1) is 11.0. The molecule has 0 saturated carbocycles. The van der Waals surface area contributed by atoms with Crippen molar-refractivity contribution >= 4 is 22.6 Å². The Morgan fingerprint density at radius 3 is 2.70 bits per heavy atom. The third-order valence-corrected chi connectivity index (χ3v) is 4.21. The molecule has 3 rings (SSSR count). The maximum atomic E-state index is 12.5. The molecule has 0 radical (unpaired) electrons. The minimum atomic E-state index is -0.978. The highest BCUT2D eigenvalue weighted by molar-refractivity contribution is 5.90. The van der Waals surface area contributed by atoms with E-state index in [4.69, 9.17) is 0 Å². The van der Waals surface area contributed by atoms with Gasteiger partial charge in [-0.15, -0.1) is 0 Å². The summed E-state index contributed by atoms with van der Waals surface area (Å²) in [5.74, 6) is -1.25. The van der Waals surface area contributed by atoms with Gasteiger partial charge >= 0.3 is 5.97 Å². The molecule has 1 atom stereocenters. The van der Waals surface area contributed by atoms with Gasteiger partial charge in [0.15, 0.2) is 0 Å². The van der Waals surface area contributed by atoms with E-state index in [-0.39, 0.29) is 17.9 Å². The predicted molar refractivity (Wildman–Crippen MR) is 83.1 cm³/mol. The maximum Gasteiger partial charge on any atom is 0.326 e. The number of aromatic nitrogens is 2. The average molecular weight is 315 g/mol. The van der Waals surface area contributed by atoms with Crippen LogP contribution in [0, 0.1) is 0 Å². The van der Waals surface area contributed by atoms with Gasteiger partial charge in [0.25, 0.3) is 5.56 Å². The molecule has 120 valence electrons. The summed E-state index contributed by atoms with van der Waals surface area (Å²) in [4.78, 5) is 37.2. The zero-order chi connectivity index (χ0) is 16.6. The summed E-state index contributed by atoms with van der Waals surface area (Å²) in [6.07, 6.45) is 1.14. The van der Waals surface area contributed by atoms with Crippen LogP contribution >= 0.6 is 0 Å². The molecule has 1 N–H and O–H groups in total. The highest BCUT2D eigenvalue weighted by atomic mass is 16.4. The van der Waals surface area contributed by atoms with Crippen molar-refractivity contribution in [2.24, 2.45) is 7.05 Å². The van der Waals surface area contributed by atoms with Crippen LogP contribution in [0.3, 0.4) is 0 Å². The summed E-state index contributed by atoms with van der Waals surface area (Å²) >= 11 is 0. The van der Waals surface area contributed by atoms with Crippen LogP contribution in [0.1, 0.15) is 18.5 Å². The molecule has 2 aromatic rings. The average Bonchev–Trinajstić information content (AvgIpc) is 3.02. The molecule has 1 saturated heterocycles. The summed E-state index contributed by atoms with van der Waals surface area (Å²) in [7, 11) is 1.54. The number of aliphatic carboxylic acids is 1. The van der Waals surface area contributed by atoms with Gasteiger partial charge in [0.2, 0.25) is 5.91 Å². The Balaban J connectivity index is 1.96. The smallest absolute Gasteiger partial charge is 0.326 e. The normalized spacial score (nSPS) is 17.6. The Morgan fingerprint density at radius 1 is 1.30 bits per heavy atom. The Hall–Kier alpha value is -2.70. The van der Waals surface area contributed by atoms with Crippen molar-refractivity contribution in [3.8, 4) is 0 Å². The Morgan fingerprint density at radius 2 is 2.00 bits per heavy atom. The molecule has 0 unspecified atom stereocenters. The molecular weight excluding hydrogens is 298 g/mol. The van der Waals surface area contributed by atoms with Gasteiger partial charge in [-0.25, -0.2) is 9.48 Å². The fourth-order valence-corrected chi connectivity index (χ4v) is 3.07. The van der Waals surface area contributed by atoms with Crippen LogP contribution in [0.5, 0.6) is 0 Å². The second kappa shape index (κ2) is 5.83. The largest absolute Gasteiger partial charge is 0.480 e. The van der Waals surface area contributed by atoms with E-state index in [0.29, 0.717) is 35.9 Å². The van der Waals surface area contributed by atoms with Crippen molar-refractivity contribution in [3.05, 3.63) is 40.3 Å². The number of likely N-dealkylation sites (tertiary alicyclic amines) is 1. The Labute approximate surface area is 132 Å². The second-order valence-electron chi connectivity index (χ2n) is 5.68. The van der Waals surface area contributed by atoms with Gasteiger partial charge in [0, 0.05) is 19.0 Å². The van der Waals surface area contributed by atoms with Crippen molar-refractivity contribution in [2.45, 2.75) is 25.3 Å². The highest BCUT2D eigenvalue weighted by Crippen LogP contribution is 2.20. The van der Waals surface area contributed by atoms with Crippen LogP contribution in [0.2, 0.25) is 0 Å². The van der Waals surface area contributed by atoms with E-state index in [1.54, 1.807) is 31.3 Å². The number of hydrogen-bond donors (Lipinski definition) is 1. The summed E-state index contributed by atoms with van der Waals surface area (Å²) in [5.41, 5.74) is 0.269. The fourth-order valence-electron chi connectivity index (χ4n) is 3.07. The van der Waals surface area contributed by atoms with Crippen LogP contribution in [0.4, 0.5) is 0 Å². The molecular formula is C16H17N3O4. The first-order valence-corrected chi connectivity index (χ1v) is 7.46. The molecule has 7 heteroatoms. The number of fused-ring (bicyclic) bond motifs is 1. The molecule has 2 heterocycles. The summed E-state index contributed by atoms with van der Waals surface area (Å²) < 4.78 is 1.21. The van der Waals surface area contributed by atoms with Crippen LogP contribution in [0.15, 0.2) is 29.1 Å². The van der Waals surface area contributed by atoms with E-state index < -0.39 is 12.0 Å². The van der Waals surface area contributed by atoms with Gasteiger partial charge in [-0.2, -0.15) is 5.10 Å². The van der Waals surface area contributed by atoms with Crippen molar-refractivity contribution in [2.75, 3.05) is 6.54 Å². The Bertz CT molecular complexity index is 843. The SMILES string of the molecule is Cn1nc(CC(=O)N2CCC[C@@H]2C(=O)O)c2ccccc2c1=O. The molecule has 1 aliphatic rings. The van der Waals surface area contributed by atoms with Gasteiger partial charge < -0.3 is 10.0 Å². The molecule has 1 aromatic carbocycles. The van der Waals surface area contributed by atoms with E-state index in [9.17, 15) is 19.5 Å². The maximum absolute atomic E-state index is 12.5. The third-order valence-electron chi connectivity index (χ3n) is 4.21. The highest BCUT2D eigenvalue weighted by Gasteiger charge is 2.34. The van der Waals surface area contributed by atoms with Gasteiger partial charge in [0.05, 0.1) is 17.5 Å². The predicted octanol–water partition coefficient (Wildman–Crippen LogP) is 0.552. The molecule has 0 bridgehead atoms. The minimum Gasteiger partial charge on any atom is -0.480 e. The molecule has 1 aliphatic heterocycles. The molecule has 1 aromatic heterocycles. The quantitative estimate of drug-likeness (QED) is 0.893. The lowest BCUT2D eigenvalue weighted by atomic mass is 10.1. The fraction of sp³-hybridized carbons (Fsp3) is 0.375. The summed E-state index contributed by atoms with van der Waals surface area (Å²) in [6, 6.07) is 6.24. The molecule has 1 amide bonds. The van der Waals surface area contributed by atoms with E-state index in [0.717, 1.165) is 0 Å². The number of carbonyl (C=O) groups excluding carboxylic acids is 1. The minimum absolute atomic E-state index is 0.0155. The van der Waals surface area contributed by atoms with Crippen LogP contribution in [-0.4, -0.2) is 44.3 Å². The van der Waals surface area contributed by atoms with Crippen LogP contribution in [0.25, 0.3) is 10.8 Å². The van der Waals surface area contributed by atoms with Gasteiger partial charge in [-0.3, -0.25) is 9.59 Å². The number of rotatable bonds is 3. The van der Waals surface area contributed by atoms with Crippen molar-refractivity contribution in [1.82, 2.24) is 14.7 Å². The number of hydrogen-bond acceptors (Lipinski definition) is 4. The monoisotopic (exact) mass is 315 g/mol. The molecule has 23 heavy (non-hydrogen) atoms. The number of aryl methyl sites for hydroxylation is 1. The third kappa shape index (κ3) is 2.69. The number of benzene rings is 1. The van der Waals surface area contributed by atoms with Crippen molar-refractivity contribution in [3.63, 3.8) is 0 Å². The Kier molecular flexibility index (Phi) is 3.85. The molecule has 0 spiro atoms. The van der Waals surface area contributed by atoms with E-state index >= 15 is 0 Å². The zero-order valence-electron chi connectivity index (χ0n) is 12.7. The van der Waals surface area contributed by atoms with E-state index in [2.05, 4.69) is 5.10 Å². The topological polar surface area (TPSA) is 92.5 Å². The van der Waals surface area contributed by atoms with Gasteiger partial charge in [-0.1, -0.05) is 18.2 Å². The van der Waals surface area contributed by atoms with Gasteiger partial charge in [0.1, 0.15) is 6.04 Å². The summed E-state index contributed by atoms with van der Waals surface area (Å²) in [6.45, 7) is 0.444. The number of nitrogens with zero attached hydrogens (tertiary/aromatic N) is 3. The molecule has 7 nitrogen and oxygen atoms in total. The number of carboxylic acid groups (broad SMARTS) is 1. The summed E-state index contributed by atoms with van der Waals surface area (Å²) in [5, 5.41) is 14.5. The van der Waals surface area contributed by atoms with E-state index in [1.807, 2.05) is 0 Å². The lowest BCUT2D eigenvalue weighted by molar-refractivity contribution is -0.148. The number of carboxylic acids is 1. The lowest BCUT2D eigenvalue weighted by Crippen LogP contribution is -2.41. The van der Waals surface area contributed by atoms with Crippen LogP contribution in [-0.2, 0) is 23.1 Å². The molecule has 0 aliphatic carbocycles. The van der Waals surface area contributed by atoms with Crippen molar-refractivity contribution < 1.29 is 14.7 Å². The van der Waals surface area contributed by atoms with E-state index in [1.165, 1.54) is 9.58 Å². The van der Waals surface area contributed by atoms with Crippen LogP contribution < -0.4 is 5.56 Å². The first-order valence-electron chi connectivity index (χ1n) is 7.46. The first kappa shape index (κ1) is 15.2. The standard InChI is InChI=1S/C16H17N3O4/c1-18-15(21)11-6-3-2-5-10(11)12(17-18)9-14(20)19-8-4-7-13(19)16(22)23/h2-3,5-6,13H,4,7-9H2,1H3,(H,22,23)/t13-/m1/s1. The number of amides is 1. The molecule has 1 fully saturated rings.